The number of hydrogen-bond donors (Lipinski definition) is 3. The molecule has 0 spiro atoms. The molecule has 0 bridgehead atoms. The molecule has 0 atom stereocenters. The van der Waals surface area contributed by atoms with Crippen molar-refractivity contribution in [3.8, 4) is 0 Å². The van der Waals surface area contributed by atoms with E-state index in [1.807, 2.05) is 7.05 Å². The number of amides is 1. The van der Waals surface area contributed by atoms with Crippen LogP contribution in [-0.2, 0) is 20.0 Å². The Labute approximate surface area is 134 Å². The summed E-state index contributed by atoms with van der Waals surface area (Å²) in [7, 11) is 1.86. The van der Waals surface area contributed by atoms with Crippen molar-refractivity contribution < 1.29 is 9.90 Å². The number of anilines is 2. The third kappa shape index (κ3) is 3.20. The Kier molecular flexibility index (Phi) is 4.31. The fourth-order valence-electron chi connectivity index (χ4n) is 2.92. The minimum atomic E-state index is -0.225. The van der Waals surface area contributed by atoms with Crippen LogP contribution in [0.2, 0.25) is 0 Å². The number of carbonyl (C=O) groups is 1. The van der Waals surface area contributed by atoms with Crippen LogP contribution in [0.15, 0.2) is 24.3 Å². The van der Waals surface area contributed by atoms with E-state index in [4.69, 9.17) is 10.8 Å². The molecule has 2 aromatic rings. The Morgan fingerprint density at radius 3 is 2.83 bits per heavy atom. The molecular weight excluding hydrogens is 294 g/mol. The summed E-state index contributed by atoms with van der Waals surface area (Å²) in [5, 5.41) is 16.4. The van der Waals surface area contributed by atoms with E-state index in [2.05, 4.69) is 15.3 Å². The van der Waals surface area contributed by atoms with Crippen LogP contribution in [0.1, 0.15) is 21.7 Å². The molecule has 0 unspecified atom stereocenters. The van der Waals surface area contributed by atoms with Gasteiger partial charge in [0.15, 0.2) is 5.69 Å². The molecule has 2 heterocycles. The third-order valence-electron chi connectivity index (χ3n) is 4.12. The van der Waals surface area contributed by atoms with Gasteiger partial charge in [-0.15, -0.1) is 0 Å². The maximum Gasteiger partial charge on any atom is 0.276 e. The van der Waals surface area contributed by atoms with Gasteiger partial charge in [0.25, 0.3) is 5.91 Å². The highest BCUT2D eigenvalue weighted by Gasteiger charge is 2.26. The summed E-state index contributed by atoms with van der Waals surface area (Å²) in [6.07, 6.45) is 0.827. The number of nitrogen functional groups attached to an aromatic ring is 1. The van der Waals surface area contributed by atoms with Crippen LogP contribution >= 0.6 is 0 Å². The lowest BCUT2D eigenvalue weighted by Crippen LogP contribution is -2.33. The summed E-state index contributed by atoms with van der Waals surface area (Å²) in [5.74, 6) is -0.225. The highest BCUT2D eigenvalue weighted by molar-refractivity contribution is 6.04. The molecular formula is C16H21N5O2. The summed E-state index contributed by atoms with van der Waals surface area (Å²) in [6, 6.07) is 7.01. The standard InChI is InChI=1S/C16H21N5O2/c1-20-14-6-7-21(8-9-22)10-13(14)15(19-20)16(23)18-12-4-2-11(17)3-5-12/h2-5,22H,6-10,17H2,1H3,(H,18,23). The van der Waals surface area contributed by atoms with Gasteiger partial charge in [0.2, 0.25) is 0 Å². The van der Waals surface area contributed by atoms with Gasteiger partial charge >= 0.3 is 0 Å². The number of fused-ring (bicyclic) bond motifs is 1. The number of aliphatic hydroxyl groups is 1. The van der Waals surface area contributed by atoms with E-state index in [-0.39, 0.29) is 12.5 Å². The highest BCUT2D eigenvalue weighted by Crippen LogP contribution is 2.23. The van der Waals surface area contributed by atoms with Gasteiger partial charge in [-0.05, 0) is 24.3 Å². The van der Waals surface area contributed by atoms with Crippen molar-refractivity contribution in [2.45, 2.75) is 13.0 Å². The fourth-order valence-corrected chi connectivity index (χ4v) is 2.92. The van der Waals surface area contributed by atoms with Gasteiger partial charge < -0.3 is 16.2 Å². The van der Waals surface area contributed by atoms with Crippen LogP contribution in [0.5, 0.6) is 0 Å². The van der Waals surface area contributed by atoms with Crippen molar-refractivity contribution in [3.63, 3.8) is 0 Å². The number of nitrogens with two attached hydrogens (primary N) is 1. The molecule has 0 saturated heterocycles. The number of hydrogen-bond acceptors (Lipinski definition) is 5. The molecule has 1 aliphatic heterocycles. The Morgan fingerprint density at radius 2 is 2.13 bits per heavy atom. The minimum absolute atomic E-state index is 0.114. The number of β-amino-alcohol motifs (C(OH)–C–C–N with tert-alkyl or cyclic N) is 1. The van der Waals surface area contributed by atoms with Crippen LogP contribution in [0.25, 0.3) is 0 Å². The summed E-state index contributed by atoms with van der Waals surface area (Å²) >= 11 is 0. The first-order valence-electron chi connectivity index (χ1n) is 7.63. The largest absolute Gasteiger partial charge is 0.399 e. The molecule has 0 radical (unpaired) electrons. The Morgan fingerprint density at radius 1 is 1.39 bits per heavy atom. The van der Waals surface area contributed by atoms with E-state index in [0.29, 0.717) is 30.2 Å². The van der Waals surface area contributed by atoms with Gasteiger partial charge in [-0.2, -0.15) is 5.10 Å². The van der Waals surface area contributed by atoms with Crippen LogP contribution in [0, 0.1) is 0 Å². The average Bonchev–Trinajstić information content (AvgIpc) is 2.87. The number of rotatable bonds is 4. The molecule has 3 rings (SSSR count). The van der Waals surface area contributed by atoms with Crippen LogP contribution < -0.4 is 11.1 Å². The van der Waals surface area contributed by atoms with Gasteiger partial charge in [-0.1, -0.05) is 0 Å². The SMILES string of the molecule is Cn1nc(C(=O)Nc2ccc(N)cc2)c2c1CCN(CCO)C2. The third-order valence-corrected chi connectivity index (χ3v) is 4.12. The minimum Gasteiger partial charge on any atom is -0.399 e. The number of benzene rings is 1. The molecule has 0 saturated carbocycles. The predicted molar refractivity (Wildman–Crippen MR) is 88.1 cm³/mol. The van der Waals surface area contributed by atoms with E-state index in [0.717, 1.165) is 24.2 Å². The van der Waals surface area contributed by atoms with Gasteiger partial charge in [0.05, 0.1) is 6.61 Å². The molecule has 1 amide bonds. The molecule has 1 aliphatic rings. The van der Waals surface area contributed by atoms with E-state index in [9.17, 15) is 4.79 Å². The van der Waals surface area contributed by atoms with E-state index >= 15 is 0 Å². The Hall–Kier alpha value is -2.38. The van der Waals surface area contributed by atoms with Gasteiger partial charge in [0.1, 0.15) is 0 Å². The summed E-state index contributed by atoms with van der Waals surface area (Å²) in [6.45, 7) is 2.22. The maximum atomic E-state index is 12.6. The van der Waals surface area contributed by atoms with Gasteiger partial charge in [-0.3, -0.25) is 14.4 Å². The second-order valence-electron chi connectivity index (χ2n) is 5.72. The monoisotopic (exact) mass is 315 g/mol. The second kappa shape index (κ2) is 6.39. The van der Waals surface area contributed by atoms with E-state index < -0.39 is 0 Å². The van der Waals surface area contributed by atoms with Crippen LogP contribution in [0.4, 0.5) is 11.4 Å². The molecule has 0 fully saturated rings. The second-order valence-corrected chi connectivity index (χ2v) is 5.72. The van der Waals surface area contributed by atoms with Crippen molar-refractivity contribution in [1.29, 1.82) is 0 Å². The summed E-state index contributed by atoms with van der Waals surface area (Å²) < 4.78 is 1.78. The quantitative estimate of drug-likeness (QED) is 0.718. The Bertz CT molecular complexity index is 708. The highest BCUT2D eigenvalue weighted by atomic mass is 16.3. The van der Waals surface area contributed by atoms with E-state index in [1.54, 1.807) is 28.9 Å². The number of carbonyl (C=O) groups excluding carboxylic acids is 1. The number of aryl methyl sites for hydroxylation is 1. The van der Waals surface area contributed by atoms with E-state index in [1.165, 1.54) is 0 Å². The zero-order valence-corrected chi connectivity index (χ0v) is 13.1. The molecule has 7 heteroatoms. The molecule has 7 nitrogen and oxygen atoms in total. The normalized spacial score (nSPS) is 14.5. The Balaban J connectivity index is 1.82. The van der Waals surface area contributed by atoms with Gasteiger partial charge in [0, 0.05) is 55.7 Å². The maximum absolute atomic E-state index is 12.6. The first kappa shape index (κ1) is 15.5. The molecule has 0 aliphatic carbocycles. The molecule has 122 valence electrons. The topological polar surface area (TPSA) is 96.4 Å². The zero-order valence-electron chi connectivity index (χ0n) is 13.1. The zero-order chi connectivity index (χ0) is 16.4. The lowest BCUT2D eigenvalue weighted by molar-refractivity contribution is 0.101. The van der Waals surface area contributed by atoms with Crippen molar-refractivity contribution in [2.75, 3.05) is 30.7 Å². The lowest BCUT2D eigenvalue weighted by atomic mass is 10.0. The lowest BCUT2D eigenvalue weighted by Gasteiger charge is -2.26. The first-order chi connectivity index (χ1) is 11.1. The molecule has 1 aromatic carbocycles. The van der Waals surface area contributed by atoms with Crippen molar-refractivity contribution in [2.24, 2.45) is 7.05 Å². The van der Waals surface area contributed by atoms with Crippen molar-refractivity contribution in [3.05, 3.63) is 41.2 Å². The smallest absolute Gasteiger partial charge is 0.276 e. The number of nitrogens with zero attached hydrogens (tertiary/aromatic N) is 3. The number of nitrogens with one attached hydrogen (secondary N) is 1. The fraction of sp³-hybridized carbons (Fsp3) is 0.375. The molecule has 4 N–H and O–H groups in total. The number of aliphatic hydroxyl groups excluding tert-OH is 1. The van der Waals surface area contributed by atoms with Crippen molar-refractivity contribution >= 4 is 17.3 Å². The average molecular weight is 315 g/mol. The van der Waals surface area contributed by atoms with Crippen molar-refractivity contribution in [1.82, 2.24) is 14.7 Å². The summed E-state index contributed by atoms with van der Waals surface area (Å²) in [5.41, 5.74) is 9.47. The predicted octanol–water partition coefficient (Wildman–Crippen LogP) is 0.605. The van der Waals surface area contributed by atoms with Crippen LogP contribution in [-0.4, -0.2) is 45.4 Å². The number of aromatic nitrogens is 2. The first-order valence-corrected chi connectivity index (χ1v) is 7.63. The van der Waals surface area contributed by atoms with Gasteiger partial charge in [-0.25, -0.2) is 0 Å². The summed E-state index contributed by atoms with van der Waals surface area (Å²) in [4.78, 5) is 14.7. The molecule has 23 heavy (non-hydrogen) atoms. The molecule has 1 aromatic heterocycles. The van der Waals surface area contributed by atoms with Crippen LogP contribution in [0.3, 0.4) is 0 Å².